The number of hydrogen-bond donors (Lipinski definition) is 2. The smallest absolute Gasteiger partial charge is 0.388 e. The molecule has 0 spiro atoms. The van der Waals surface area contributed by atoms with Gasteiger partial charge in [-0.25, -0.2) is 0 Å². The molecule has 0 aliphatic carbocycles. The second-order valence-corrected chi connectivity index (χ2v) is 7.38. The van der Waals surface area contributed by atoms with Crippen LogP contribution in [0.3, 0.4) is 0 Å². The summed E-state index contributed by atoms with van der Waals surface area (Å²) in [4.78, 5) is 2.11. The van der Waals surface area contributed by atoms with Crippen molar-refractivity contribution < 1.29 is 18.3 Å². The van der Waals surface area contributed by atoms with E-state index in [1.807, 2.05) is 7.05 Å². The van der Waals surface area contributed by atoms with Crippen LogP contribution in [0.15, 0.2) is 24.4 Å². The van der Waals surface area contributed by atoms with Gasteiger partial charge in [-0.3, -0.25) is 5.10 Å². The Morgan fingerprint density at radius 2 is 1.93 bits per heavy atom. The summed E-state index contributed by atoms with van der Waals surface area (Å²) >= 11 is 0. The standard InChI is InChI=1S/C20H28F3N3O/c1-5-6-7-26(4)12-18-17(11-24-25-18)14-8-15(19(27)13(2)3)10-16(9-14)20(21,22)23/h8-11,13,19,27H,5-7,12H2,1-4H3,(H,24,25). The molecule has 0 fully saturated rings. The van der Waals surface area contributed by atoms with Crippen molar-refractivity contribution in [1.29, 1.82) is 0 Å². The molecule has 2 N–H and O–H groups in total. The zero-order chi connectivity index (χ0) is 20.2. The fourth-order valence-corrected chi connectivity index (χ4v) is 2.99. The van der Waals surface area contributed by atoms with E-state index in [-0.39, 0.29) is 11.5 Å². The SMILES string of the molecule is CCCCN(C)Cc1[nH]ncc1-c1cc(C(O)C(C)C)cc(C(F)(F)F)c1. The van der Waals surface area contributed by atoms with Crippen molar-refractivity contribution in [2.45, 2.75) is 52.4 Å². The van der Waals surface area contributed by atoms with E-state index in [9.17, 15) is 18.3 Å². The summed E-state index contributed by atoms with van der Waals surface area (Å²) < 4.78 is 40.2. The van der Waals surface area contributed by atoms with Gasteiger partial charge in [0.25, 0.3) is 0 Å². The van der Waals surface area contributed by atoms with Gasteiger partial charge >= 0.3 is 6.18 Å². The summed E-state index contributed by atoms with van der Waals surface area (Å²) in [5.41, 5.74) is 1.30. The summed E-state index contributed by atoms with van der Waals surface area (Å²) in [7, 11) is 1.97. The third-order valence-electron chi connectivity index (χ3n) is 4.61. The maximum atomic E-state index is 13.4. The molecule has 0 saturated carbocycles. The fourth-order valence-electron chi connectivity index (χ4n) is 2.99. The highest BCUT2D eigenvalue weighted by Gasteiger charge is 2.32. The number of alkyl halides is 3. The number of H-pyrrole nitrogens is 1. The quantitative estimate of drug-likeness (QED) is 0.673. The van der Waals surface area contributed by atoms with Crippen molar-refractivity contribution in [3.63, 3.8) is 0 Å². The molecule has 7 heteroatoms. The fraction of sp³-hybridized carbons (Fsp3) is 0.550. The van der Waals surface area contributed by atoms with E-state index in [2.05, 4.69) is 22.0 Å². The topological polar surface area (TPSA) is 52.2 Å². The third-order valence-corrected chi connectivity index (χ3v) is 4.61. The van der Waals surface area contributed by atoms with Gasteiger partial charge < -0.3 is 10.0 Å². The van der Waals surface area contributed by atoms with Gasteiger partial charge in [-0.15, -0.1) is 0 Å². The second-order valence-electron chi connectivity index (χ2n) is 7.38. The Morgan fingerprint density at radius 3 is 2.52 bits per heavy atom. The molecule has 0 aliphatic heterocycles. The van der Waals surface area contributed by atoms with Crippen LogP contribution in [-0.2, 0) is 12.7 Å². The first-order valence-electron chi connectivity index (χ1n) is 9.24. The van der Waals surface area contributed by atoms with E-state index in [1.165, 1.54) is 0 Å². The Kier molecular flexibility index (Phi) is 7.06. The Morgan fingerprint density at radius 1 is 1.22 bits per heavy atom. The summed E-state index contributed by atoms with van der Waals surface area (Å²) in [6.45, 7) is 7.12. The Labute approximate surface area is 158 Å². The molecule has 1 heterocycles. The molecule has 0 saturated heterocycles. The molecule has 2 rings (SSSR count). The highest BCUT2D eigenvalue weighted by molar-refractivity contribution is 5.67. The van der Waals surface area contributed by atoms with Gasteiger partial charge in [0.05, 0.1) is 23.6 Å². The number of nitrogens with one attached hydrogen (secondary N) is 1. The van der Waals surface area contributed by atoms with E-state index >= 15 is 0 Å². The number of halogens is 3. The van der Waals surface area contributed by atoms with Gasteiger partial charge in [0.15, 0.2) is 0 Å². The van der Waals surface area contributed by atoms with Crippen molar-refractivity contribution in [1.82, 2.24) is 15.1 Å². The van der Waals surface area contributed by atoms with E-state index in [1.54, 1.807) is 26.1 Å². The summed E-state index contributed by atoms with van der Waals surface area (Å²) in [6.07, 6.45) is -1.78. The maximum absolute atomic E-state index is 13.4. The molecule has 1 atom stereocenters. The predicted octanol–water partition coefficient (Wildman–Crippen LogP) is 5.02. The van der Waals surface area contributed by atoms with Crippen LogP contribution in [0.5, 0.6) is 0 Å². The number of rotatable bonds is 8. The maximum Gasteiger partial charge on any atom is 0.416 e. The molecule has 1 unspecified atom stereocenters. The summed E-state index contributed by atoms with van der Waals surface area (Å²) in [6, 6.07) is 3.78. The lowest BCUT2D eigenvalue weighted by Crippen LogP contribution is -2.19. The zero-order valence-electron chi connectivity index (χ0n) is 16.3. The molecular weight excluding hydrogens is 355 g/mol. The number of aromatic nitrogens is 2. The van der Waals surface area contributed by atoms with Crippen LogP contribution in [-0.4, -0.2) is 33.8 Å². The number of hydrogen-bond acceptors (Lipinski definition) is 3. The molecule has 0 bridgehead atoms. The van der Waals surface area contributed by atoms with Crippen LogP contribution in [0.2, 0.25) is 0 Å². The number of aromatic amines is 1. The van der Waals surface area contributed by atoms with Crippen LogP contribution in [0.4, 0.5) is 13.2 Å². The van der Waals surface area contributed by atoms with Crippen molar-refractivity contribution in [2.24, 2.45) is 5.92 Å². The van der Waals surface area contributed by atoms with Gasteiger partial charge in [0, 0.05) is 12.1 Å². The first-order valence-corrected chi connectivity index (χ1v) is 9.24. The lowest BCUT2D eigenvalue weighted by Gasteiger charge is -2.19. The van der Waals surface area contributed by atoms with Gasteiger partial charge in [-0.05, 0) is 55.3 Å². The number of nitrogens with zero attached hydrogens (tertiary/aromatic N) is 2. The molecule has 150 valence electrons. The van der Waals surface area contributed by atoms with E-state index in [4.69, 9.17) is 0 Å². The van der Waals surface area contributed by atoms with E-state index in [0.29, 0.717) is 17.7 Å². The minimum Gasteiger partial charge on any atom is -0.388 e. The molecule has 1 aromatic heterocycles. The van der Waals surface area contributed by atoms with Crippen LogP contribution >= 0.6 is 0 Å². The van der Waals surface area contributed by atoms with Gasteiger partial charge in [0.2, 0.25) is 0 Å². The van der Waals surface area contributed by atoms with Crippen molar-refractivity contribution in [3.8, 4) is 11.1 Å². The average molecular weight is 383 g/mol. The molecule has 4 nitrogen and oxygen atoms in total. The molecule has 27 heavy (non-hydrogen) atoms. The lowest BCUT2D eigenvalue weighted by atomic mass is 9.93. The molecular formula is C20H28F3N3O. The first kappa shape index (κ1) is 21.4. The molecule has 0 aliphatic rings. The van der Waals surface area contributed by atoms with E-state index < -0.39 is 17.8 Å². The van der Waals surface area contributed by atoms with Gasteiger partial charge in [-0.1, -0.05) is 27.2 Å². The Balaban J connectivity index is 2.43. The average Bonchev–Trinajstić information content (AvgIpc) is 3.06. The highest BCUT2D eigenvalue weighted by Crippen LogP contribution is 2.36. The highest BCUT2D eigenvalue weighted by atomic mass is 19.4. The van der Waals surface area contributed by atoms with Crippen LogP contribution in [0.25, 0.3) is 11.1 Å². The second kappa shape index (κ2) is 8.89. The number of aliphatic hydroxyl groups excluding tert-OH is 1. The summed E-state index contributed by atoms with van der Waals surface area (Å²) in [5, 5.41) is 17.3. The van der Waals surface area contributed by atoms with Crippen molar-refractivity contribution in [2.75, 3.05) is 13.6 Å². The van der Waals surface area contributed by atoms with Crippen molar-refractivity contribution >= 4 is 0 Å². The third kappa shape index (κ3) is 5.56. The van der Waals surface area contributed by atoms with Crippen molar-refractivity contribution in [3.05, 3.63) is 41.2 Å². The normalized spacial score (nSPS) is 13.6. The monoisotopic (exact) mass is 383 g/mol. The molecule has 0 amide bonds. The lowest BCUT2D eigenvalue weighted by molar-refractivity contribution is -0.137. The largest absolute Gasteiger partial charge is 0.416 e. The summed E-state index contributed by atoms with van der Waals surface area (Å²) in [5.74, 6) is -0.190. The number of aliphatic hydroxyl groups is 1. The van der Waals surface area contributed by atoms with E-state index in [0.717, 1.165) is 37.2 Å². The van der Waals surface area contributed by atoms with Crippen LogP contribution in [0.1, 0.15) is 56.5 Å². The minimum atomic E-state index is -4.48. The predicted molar refractivity (Wildman–Crippen MR) is 100 cm³/mol. The number of benzene rings is 1. The molecule has 2 aromatic rings. The Bertz CT molecular complexity index is 740. The first-order chi connectivity index (χ1) is 12.6. The van der Waals surface area contributed by atoms with Gasteiger partial charge in [-0.2, -0.15) is 18.3 Å². The zero-order valence-corrected chi connectivity index (χ0v) is 16.3. The van der Waals surface area contributed by atoms with Crippen LogP contribution in [0, 0.1) is 5.92 Å². The van der Waals surface area contributed by atoms with Gasteiger partial charge in [0.1, 0.15) is 0 Å². The minimum absolute atomic E-state index is 0.190. The molecule has 1 aromatic carbocycles. The number of unbranched alkanes of at least 4 members (excludes halogenated alkanes) is 1. The van der Waals surface area contributed by atoms with Crippen LogP contribution < -0.4 is 0 Å². The molecule has 0 radical (unpaired) electrons. The Hall–Kier alpha value is -1.86.